The first-order valence-corrected chi connectivity index (χ1v) is 9.11. The van der Waals surface area contributed by atoms with Crippen molar-refractivity contribution in [2.45, 2.75) is 13.0 Å². The molecule has 0 aliphatic carbocycles. The Labute approximate surface area is 135 Å². The van der Waals surface area contributed by atoms with Crippen LogP contribution < -0.4 is 10.0 Å². The number of methoxy groups -OCH3 is 1. The van der Waals surface area contributed by atoms with Gasteiger partial charge in [-0.05, 0) is 24.6 Å². The average molecular weight is 339 g/mol. The number of carbonyl (C=O) groups excluding carboxylic acids is 1. The van der Waals surface area contributed by atoms with Crippen LogP contribution in [0.5, 0.6) is 0 Å². The Balaban J connectivity index is 2.11. The molecule has 0 spiro atoms. The van der Waals surface area contributed by atoms with Gasteiger partial charge < -0.3 is 14.6 Å². The van der Waals surface area contributed by atoms with Crippen molar-refractivity contribution in [3.8, 4) is 0 Å². The highest BCUT2D eigenvalue weighted by Crippen LogP contribution is 2.25. The molecule has 126 valence electrons. The zero-order valence-electron chi connectivity index (χ0n) is 13.2. The summed E-state index contributed by atoms with van der Waals surface area (Å²) in [6, 6.07) is 7.09. The Hall–Kier alpha value is -2.06. The number of hydrogen-bond acceptors (Lipinski definition) is 4. The predicted molar refractivity (Wildman–Crippen MR) is 89.9 cm³/mol. The van der Waals surface area contributed by atoms with Crippen LogP contribution in [0.4, 0.5) is 5.69 Å². The number of hydrogen-bond donors (Lipinski definition) is 2. The number of benzene rings is 1. The molecule has 1 heterocycles. The fourth-order valence-corrected chi connectivity index (χ4v) is 2.88. The molecule has 1 aromatic heterocycles. The van der Waals surface area contributed by atoms with Gasteiger partial charge in [0, 0.05) is 31.8 Å². The average Bonchev–Trinajstić information content (AvgIpc) is 2.86. The van der Waals surface area contributed by atoms with Gasteiger partial charge in [0.25, 0.3) is 0 Å². The topological polar surface area (TPSA) is 89.4 Å². The normalized spacial score (nSPS) is 11.6. The first-order valence-electron chi connectivity index (χ1n) is 7.22. The van der Waals surface area contributed by atoms with Gasteiger partial charge in [0.05, 0.1) is 17.5 Å². The highest BCUT2D eigenvalue weighted by Gasteiger charge is 2.10. The summed E-state index contributed by atoms with van der Waals surface area (Å²) < 4.78 is 32.0. The zero-order chi connectivity index (χ0) is 16.9. The second-order valence-electron chi connectivity index (χ2n) is 5.25. The predicted octanol–water partition coefficient (Wildman–Crippen LogP) is 1.17. The number of anilines is 1. The van der Waals surface area contributed by atoms with Crippen molar-refractivity contribution in [2.75, 3.05) is 31.2 Å². The number of fused-ring (bicyclic) bond motifs is 1. The molecule has 0 unspecified atom stereocenters. The molecule has 2 aromatic rings. The van der Waals surface area contributed by atoms with Crippen LogP contribution in [-0.4, -0.2) is 45.4 Å². The second-order valence-corrected chi connectivity index (χ2v) is 7.00. The number of sulfonamides is 1. The third-order valence-electron chi connectivity index (χ3n) is 3.27. The van der Waals surface area contributed by atoms with Gasteiger partial charge in [-0.3, -0.25) is 9.52 Å². The standard InChI is InChI=1S/C15H21N3O4S/c1-22-10-4-8-16-15(19)11-18-9-7-12-13(17-23(2,20)21)5-3-6-14(12)18/h3,5-7,9,17H,4,8,10-11H2,1-2H3,(H,16,19). The number of nitrogens with zero attached hydrogens (tertiary/aromatic N) is 1. The number of amides is 1. The quantitative estimate of drug-likeness (QED) is 0.707. The molecular formula is C15H21N3O4S. The highest BCUT2D eigenvalue weighted by molar-refractivity contribution is 7.92. The summed E-state index contributed by atoms with van der Waals surface area (Å²) in [5, 5.41) is 3.58. The van der Waals surface area contributed by atoms with E-state index in [0.717, 1.165) is 23.6 Å². The van der Waals surface area contributed by atoms with Gasteiger partial charge in [-0.25, -0.2) is 8.42 Å². The van der Waals surface area contributed by atoms with Crippen molar-refractivity contribution in [1.82, 2.24) is 9.88 Å². The summed E-state index contributed by atoms with van der Waals surface area (Å²) in [5.41, 5.74) is 1.30. The van der Waals surface area contributed by atoms with Crippen LogP contribution in [0, 0.1) is 0 Å². The van der Waals surface area contributed by atoms with Crippen LogP contribution in [0.15, 0.2) is 30.5 Å². The molecule has 2 N–H and O–H groups in total. The van der Waals surface area contributed by atoms with E-state index in [1.807, 2.05) is 6.07 Å². The summed E-state index contributed by atoms with van der Waals surface area (Å²) >= 11 is 0. The van der Waals surface area contributed by atoms with E-state index < -0.39 is 10.0 Å². The molecule has 0 fully saturated rings. The van der Waals surface area contributed by atoms with E-state index in [4.69, 9.17) is 4.74 Å². The molecular weight excluding hydrogens is 318 g/mol. The molecule has 2 rings (SSSR count). The van der Waals surface area contributed by atoms with Crippen molar-refractivity contribution in [1.29, 1.82) is 0 Å². The molecule has 0 aliphatic rings. The molecule has 1 amide bonds. The number of nitrogens with one attached hydrogen (secondary N) is 2. The Bertz CT molecular complexity index is 783. The van der Waals surface area contributed by atoms with E-state index >= 15 is 0 Å². The number of aromatic nitrogens is 1. The first kappa shape index (κ1) is 17.3. The van der Waals surface area contributed by atoms with E-state index in [-0.39, 0.29) is 12.5 Å². The molecule has 23 heavy (non-hydrogen) atoms. The number of rotatable bonds is 8. The number of ether oxygens (including phenoxy) is 1. The van der Waals surface area contributed by atoms with Crippen molar-refractivity contribution in [3.63, 3.8) is 0 Å². The van der Waals surface area contributed by atoms with Gasteiger partial charge in [0.15, 0.2) is 0 Å². The van der Waals surface area contributed by atoms with Gasteiger partial charge in [-0.2, -0.15) is 0 Å². The lowest BCUT2D eigenvalue weighted by atomic mass is 10.2. The lowest BCUT2D eigenvalue weighted by molar-refractivity contribution is -0.121. The Morgan fingerprint density at radius 3 is 2.78 bits per heavy atom. The van der Waals surface area contributed by atoms with E-state index in [1.54, 1.807) is 36.1 Å². The molecule has 0 aliphatic heterocycles. The van der Waals surface area contributed by atoms with E-state index in [9.17, 15) is 13.2 Å². The lowest BCUT2D eigenvalue weighted by Crippen LogP contribution is -2.28. The minimum Gasteiger partial charge on any atom is -0.385 e. The Morgan fingerprint density at radius 1 is 1.30 bits per heavy atom. The van der Waals surface area contributed by atoms with Crippen molar-refractivity contribution >= 4 is 32.5 Å². The smallest absolute Gasteiger partial charge is 0.239 e. The third kappa shape index (κ3) is 4.97. The Morgan fingerprint density at radius 2 is 2.09 bits per heavy atom. The highest BCUT2D eigenvalue weighted by atomic mass is 32.2. The number of carbonyl (C=O) groups is 1. The van der Waals surface area contributed by atoms with Gasteiger partial charge >= 0.3 is 0 Å². The van der Waals surface area contributed by atoms with Crippen LogP contribution in [0.1, 0.15) is 6.42 Å². The molecule has 7 nitrogen and oxygen atoms in total. The zero-order valence-corrected chi connectivity index (χ0v) is 14.0. The maximum Gasteiger partial charge on any atom is 0.239 e. The summed E-state index contributed by atoms with van der Waals surface area (Å²) in [7, 11) is -1.73. The minimum absolute atomic E-state index is 0.0971. The van der Waals surface area contributed by atoms with E-state index in [0.29, 0.717) is 18.8 Å². The third-order valence-corrected chi connectivity index (χ3v) is 3.86. The van der Waals surface area contributed by atoms with Crippen molar-refractivity contribution in [2.24, 2.45) is 0 Å². The van der Waals surface area contributed by atoms with Crippen molar-refractivity contribution in [3.05, 3.63) is 30.5 Å². The molecule has 0 bridgehead atoms. The fraction of sp³-hybridized carbons (Fsp3) is 0.400. The summed E-state index contributed by atoms with van der Waals surface area (Å²) in [5.74, 6) is -0.0971. The van der Waals surface area contributed by atoms with Crippen molar-refractivity contribution < 1.29 is 17.9 Å². The van der Waals surface area contributed by atoms with E-state index in [1.165, 1.54) is 0 Å². The molecule has 0 saturated carbocycles. The first-order chi connectivity index (χ1) is 10.9. The molecule has 0 radical (unpaired) electrons. The molecule has 0 saturated heterocycles. The molecule has 1 aromatic carbocycles. The lowest BCUT2D eigenvalue weighted by Gasteiger charge is -2.09. The molecule has 8 heteroatoms. The van der Waals surface area contributed by atoms with Crippen LogP contribution in [0.3, 0.4) is 0 Å². The van der Waals surface area contributed by atoms with Gasteiger partial charge in [-0.15, -0.1) is 0 Å². The SMILES string of the molecule is COCCCNC(=O)Cn1ccc2c(NS(C)(=O)=O)cccc21. The summed E-state index contributed by atoms with van der Waals surface area (Å²) in [6.45, 7) is 1.35. The fourth-order valence-electron chi connectivity index (χ4n) is 2.30. The van der Waals surface area contributed by atoms with Crippen LogP contribution in [-0.2, 0) is 26.1 Å². The maximum absolute atomic E-state index is 11.9. The van der Waals surface area contributed by atoms with Gasteiger partial charge in [0.1, 0.15) is 6.54 Å². The van der Waals surface area contributed by atoms with Crippen LogP contribution in [0.25, 0.3) is 10.9 Å². The molecule has 0 atom stereocenters. The Kier molecular flexibility index (Phi) is 5.62. The largest absolute Gasteiger partial charge is 0.385 e. The van der Waals surface area contributed by atoms with Gasteiger partial charge in [-0.1, -0.05) is 6.07 Å². The van der Waals surface area contributed by atoms with Crippen LogP contribution in [0.2, 0.25) is 0 Å². The maximum atomic E-state index is 11.9. The summed E-state index contributed by atoms with van der Waals surface area (Å²) in [6.07, 6.45) is 3.64. The van der Waals surface area contributed by atoms with Gasteiger partial charge in [0.2, 0.25) is 15.9 Å². The minimum atomic E-state index is -3.35. The summed E-state index contributed by atoms with van der Waals surface area (Å²) in [4.78, 5) is 11.9. The second kappa shape index (κ2) is 7.47. The van der Waals surface area contributed by atoms with E-state index in [2.05, 4.69) is 10.0 Å². The monoisotopic (exact) mass is 339 g/mol. The van der Waals surface area contributed by atoms with Crippen LogP contribution >= 0.6 is 0 Å².